The molecule has 0 spiro atoms. The minimum absolute atomic E-state index is 0.729. The second-order valence-corrected chi connectivity index (χ2v) is 3.49. The van der Waals surface area contributed by atoms with Gasteiger partial charge in [-0.1, -0.05) is 12.1 Å². The standard InChI is InChI=1S/C12H13NO2/c1-13-6-8-15-12-5-4-10(3-2-7-14)9-11(12)13/h2-5,7,9H,6,8H2,1H3/b3-2+. The van der Waals surface area contributed by atoms with Crippen LogP contribution in [0.2, 0.25) is 0 Å². The monoisotopic (exact) mass is 203 g/mol. The molecule has 1 aromatic rings. The lowest BCUT2D eigenvalue weighted by Crippen LogP contribution is -2.28. The van der Waals surface area contributed by atoms with Crippen molar-refractivity contribution in [3.63, 3.8) is 0 Å². The third-order valence-corrected chi connectivity index (χ3v) is 2.45. The van der Waals surface area contributed by atoms with Gasteiger partial charge in [-0.3, -0.25) is 4.79 Å². The van der Waals surface area contributed by atoms with Crippen LogP contribution in [0.15, 0.2) is 24.3 Å². The Labute approximate surface area is 89.0 Å². The Hall–Kier alpha value is -1.77. The van der Waals surface area contributed by atoms with E-state index in [1.54, 1.807) is 6.08 Å². The van der Waals surface area contributed by atoms with Crippen LogP contribution in [-0.2, 0) is 4.79 Å². The summed E-state index contributed by atoms with van der Waals surface area (Å²) in [6.45, 7) is 1.63. The van der Waals surface area contributed by atoms with Gasteiger partial charge in [0.2, 0.25) is 0 Å². The van der Waals surface area contributed by atoms with Gasteiger partial charge in [-0.2, -0.15) is 0 Å². The summed E-state index contributed by atoms with van der Waals surface area (Å²) >= 11 is 0. The van der Waals surface area contributed by atoms with Crippen LogP contribution >= 0.6 is 0 Å². The summed E-state index contributed by atoms with van der Waals surface area (Å²) < 4.78 is 5.52. The van der Waals surface area contributed by atoms with Crippen LogP contribution in [0.4, 0.5) is 5.69 Å². The molecule has 3 nitrogen and oxygen atoms in total. The number of carbonyl (C=O) groups is 1. The molecule has 0 atom stereocenters. The SMILES string of the molecule is CN1CCOc2ccc(/C=C/C=O)cc21. The van der Waals surface area contributed by atoms with Crippen LogP contribution in [0.25, 0.3) is 6.08 Å². The van der Waals surface area contributed by atoms with E-state index in [1.807, 2.05) is 25.2 Å². The van der Waals surface area contributed by atoms with Gasteiger partial charge in [-0.15, -0.1) is 0 Å². The molecule has 0 fully saturated rings. The van der Waals surface area contributed by atoms with Crippen molar-refractivity contribution in [2.75, 3.05) is 25.1 Å². The molecule has 1 aliphatic rings. The number of fused-ring (bicyclic) bond motifs is 1. The average molecular weight is 203 g/mol. The minimum atomic E-state index is 0.729. The first kappa shape index (κ1) is 9.77. The fourth-order valence-corrected chi connectivity index (χ4v) is 1.62. The van der Waals surface area contributed by atoms with E-state index in [1.165, 1.54) is 6.08 Å². The Morgan fingerprint density at radius 3 is 3.13 bits per heavy atom. The summed E-state index contributed by atoms with van der Waals surface area (Å²) in [7, 11) is 2.04. The number of benzene rings is 1. The number of carbonyl (C=O) groups excluding carboxylic acids is 1. The van der Waals surface area contributed by atoms with E-state index in [0.29, 0.717) is 0 Å². The Kier molecular flexibility index (Phi) is 2.72. The molecule has 0 saturated heterocycles. The zero-order valence-electron chi connectivity index (χ0n) is 8.64. The molecule has 0 unspecified atom stereocenters. The first-order valence-corrected chi connectivity index (χ1v) is 4.91. The number of rotatable bonds is 2. The van der Waals surface area contributed by atoms with Gasteiger partial charge in [0.1, 0.15) is 18.6 Å². The topological polar surface area (TPSA) is 29.5 Å². The van der Waals surface area contributed by atoms with Crippen LogP contribution in [0.3, 0.4) is 0 Å². The molecular weight excluding hydrogens is 190 g/mol. The number of hydrogen-bond donors (Lipinski definition) is 0. The molecule has 0 aliphatic carbocycles. The van der Waals surface area contributed by atoms with Gasteiger partial charge < -0.3 is 9.64 Å². The summed E-state index contributed by atoms with van der Waals surface area (Å²) in [5.74, 6) is 0.909. The van der Waals surface area contributed by atoms with Crippen LogP contribution in [0.1, 0.15) is 5.56 Å². The molecule has 3 heteroatoms. The maximum atomic E-state index is 10.2. The van der Waals surface area contributed by atoms with Gasteiger partial charge in [0, 0.05) is 7.05 Å². The maximum absolute atomic E-state index is 10.2. The molecule has 2 rings (SSSR count). The summed E-state index contributed by atoms with van der Waals surface area (Å²) in [6.07, 6.45) is 4.06. The number of likely N-dealkylation sites (N-methyl/N-ethyl adjacent to an activating group) is 1. The molecule has 15 heavy (non-hydrogen) atoms. The number of hydrogen-bond acceptors (Lipinski definition) is 3. The highest BCUT2D eigenvalue weighted by molar-refractivity contribution is 5.75. The van der Waals surface area contributed by atoms with Crippen molar-refractivity contribution in [3.05, 3.63) is 29.8 Å². The van der Waals surface area contributed by atoms with Crippen LogP contribution < -0.4 is 9.64 Å². The van der Waals surface area contributed by atoms with E-state index in [9.17, 15) is 4.79 Å². The van der Waals surface area contributed by atoms with E-state index in [0.717, 1.165) is 36.4 Å². The average Bonchev–Trinajstić information content (AvgIpc) is 2.27. The van der Waals surface area contributed by atoms with Crippen LogP contribution in [0, 0.1) is 0 Å². The molecule has 0 amide bonds. The predicted molar refractivity (Wildman–Crippen MR) is 60.3 cm³/mol. The molecule has 0 bridgehead atoms. The molecule has 1 heterocycles. The highest BCUT2D eigenvalue weighted by Crippen LogP contribution is 2.31. The van der Waals surface area contributed by atoms with E-state index in [2.05, 4.69) is 4.90 Å². The lowest BCUT2D eigenvalue weighted by atomic mass is 10.1. The quantitative estimate of drug-likeness (QED) is 0.541. The maximum Gasteiger partial charge on any atom is 0.142 e. The van der Waals surface area contributed by atoms with E-state index < -0.39 is 0 Å². The van der Waals surface area contributed by atoms with Crippen LogP contribution in [-0.4, -0.2) is 26.5 Å². The number of ether oxygens (including phenoxy) is 1. The van der Waals surface area contributed by atoms with Gasteiger partial charge in [-0.05, 0) is 23.8 Å². The molecule has 1 aromatic carbocycles. The highest BCUT2D eigenvalue weighted by atomic mass is 16.5. The summed E-state index contributed by atoms with van der Waals surface area (Å²) in [4.78, 5) is 12.4. The van der Waals surface area contributed by atoms with Crippen molar-refractivity contribution in [1.82, 2.24) is 0 Å². The molecule has 0 N–H and O–H groups in total. The molecule has 78 valence electrons. The van der Waals surface area contributed by atoms with Crippen molar-refractivity contribution in [2.24, 2.45) is 0 Å². The predicted octanol–water partition coefficient (Wildman–Crippen LogP) is 1.73. The number of allylic oxidation sites excluding steroid dienone is 1. The van der Waals surface area contributed by atoms with Gasteiger partial charge in [0.15, 0.2) is 0 Å². The van der Waals surface area contributed by atoms with Crippen molar-refractivity contribution >= 4 is 18.0 Å². The Morgan fingerprint density at radius 1 is 1.47 bits per heavy atom. The fourth-order valence-electron chi connectivity index (χ4n) is 1.62. The van der Waals surface area contributed by atoms with E-state index in [4.69, 9.17) is 4.74 Å². The molecule has 0 radical (unpaired) electrons. The number of nitrogens with zero attached hydrogens (tertiary/aromatic N) is 1. The first-order chi connectivity index (χ1) is 7.31. The van der Waals surface area contributed by atoms with Crippen molar-refractivity contribution in [1.29, 1.82) is 0 Å². The van der Waals surface area contributed by atoms with E-state index >= 15 is 0 Å². The van der Waals surface area contributed by atoms with Crippen molar-refractivity contribution < 1.29 is 9.53 Å². The lowest BCUT2D eigenvalue weighted by Gasteiger charge is -2.27. The third-order valence-electron chi connectivity index (χ3n) is 2.45. The van der Waals surface area contributed by atoms with Gasteiger partial charge >= 0.3 is 0 Å². The second-order valence-electron chi connectivity index (χ2n) is 3.49. The summed E-state index contributed by atoms with van der Waals surface area (Å²) in [5.41, 5.74) is 2.09. The smallest absolute Gasteiger partial charge is 0.142 e. The van der Waals surface area contributed by atoms with Gasteiger partial charge in [0.05, 0.1) is 12.2 Å². The minimum Gasteiger partial charge on any atom is -0.490 e. The largest absolute Gasteiger partial charge is 0.490 e. The number of aldehydes is 1. The van der Waals surface area contributed by atoms with Gasteiger partial charge in [-0.25, -0.2) is 0 Å². The lowest BCUT2D eigenvalue weighted by molar-refractivity contribution is -0.104. The van der Waals surface area contributed by atoms with E-state index in [-0.39, 0.29) is 0 Å². The molecule has 1 aliphatic heterocycles. The van der Waals surface area contributed by atoms with Crippen molar-refractivity contribution in [2.45, 2.75) is 0 Å². The van der Waals surface area contributed by atoms with Crippen molar-refractivity contribution in [3.8, 4) is 5.75 Å². The summed E-state index contributed by atoms with van der Waals surface area (Å²) in [5, 5.41) is 0. The first-order valence-electron chi connectivity index (χ1n) is 4.91. The highest BCUT2D eigenvalue weighted by Gasteiger charge is 2.14. The Balaban J connectivity index is 2.34. The fraction of sp³-hybridized carbons (Fsp3) is 0.250. The normalized spacial score (nSPS) is 14.9. The zero-order valence-corrected chi connectivity index (χ0v) is 8.64. The summed E-state index contributed by atoms with van der Waals surface area (Å²) in [6, 6.07) is 5.90. The molecular formula is C12H13NO2. The van der Waals surface area contributed by atoms with Crippen LogP contribution in [0.5, 0.6) is 5.75 Å². The van der Waals surface area contributed by atoms with Gasteiger partial charge in [0.25, 0.3) is 0 Å². The molecule has 0 saturated carbocycles. The number of anilines is 1. The molecule has 0 aromatic heterocycles. The second kappa shape index (κ2) is 4.17. The Bertz CT molecular complexity index is 399. The zero-order chi connectivity index (χ0) is 10.7. The Morgan fingerprint density at radius 2 is 2.33 bits per heavy atom. The third kappa shape index (κ3) is 2.01.